The summed E-state index contributed by atoms with van der Waals surface area (Å²) in [5.74, 6) is 0.737. The average molecular weight is 253 g/mol. The van der Waals surface area contributed by atoms with Gasteiger partial charge in [-0.25, -0.2) is 0 Å². The van der Waals surface area contributed by atoms with Crippen molar-refractivity contribution in [3.63, 3.8) is 0 Å². The monoisotopic (exact) mass is 253 g/mol. The van der Waals surface area contributed by atoms with Gasteiger partial charge >= 0.3 is 0 Å². The van der Waals surface area contributed by atoms with Crippen LogP contribution in [-0.4, -0.2) is 46.0 Å². The van der Waals surface area contributed by atoms with Crippen LogP contribution in [0.4, 0.5) is 0 Å². The van der Waals surface area contributed by atoms with Crippen molar-refractivity contribution in [1.82, 2.24) is 20.1 Å². The summed E-state index contributed by atoms with van der Waals surface area (Å²) >= 11 is 0. The first-order valence-electron chi connectivity index (χ1n) is 6.10. The number of carbonyl (C=O) groups is 1. The van der Waals surface area contributed by atoms with Crippen LogP contribution in [0.25, 0.3) is 0 Å². The van der Waals surface area contributed by atoms with Crippen LogP contribution in [0.1, 0.15) is 18.7 Å². The number of hydrogen-bond acceptors (Lipinski definition) is 5. The molecule has 1 aliphatic heterocycles. The number of nitrogens with zero attached hydrogens (tertiary/aromatic N) is 3. The van der Waals surface area contributed by atoms with Crippen LogP contribution in [0, 0.1) is 0 Å². The number of aromatic nitrogens is 3. The lowest BCUT2D eigenvalue weighted by Gasteiger charge is -2.31. The minimum Gasteiger partial charge on any atom is -0.381 e. The molecule has 1 saturated heterocycles. The number of nitrogens with one attached hydrogen (secondary N) is 1. The second kappa shape index (κ2) is 5.45. The molecule has 1 amide bonds. The van der Waals surface area contributed by atoms with E-state index in [-0.39, 0.29) is 5.91 Å². The van der Waals surface area contributed by atoms with Crippen LogP contribution in [0.3, 0.4) is 0 Å². The van der Waals surface area contributed by atoms with Gasteiger partial charge in [-0.1, -0.05) is 0 Å². The summed E-state index contributed by atoms with van der Waals surface area (Å²) in [4.78, 5) is 12.0. The minimum absolute atomic E-state index is 0.104. The third-order valence-electron chi connectivity index (χ3n) is 3.28. The molecule has 0 aromatic carbocycles. The lowest BCUT2D eigenvalue weighted by Crippen LogP contribution is -2.57. The third kappa shape index (κ3) is 2.85. The molecule has 2 rings (SSSR count). The Hall–Kier alpha value is -1.47. The summed E-state index contributed by atoms with van der Waals surface area (Å²) in [5.41, 5.74) is 5.29. The van der Waals surface area contributed by atoms with Crippen molar-refractivity contribution < 1.29 is 9.53 Å². The molecule has 7 heteroatoms. The van der Waals surface area contributed by atoms with Crippen molar-refractivity contribution in [2.45, 2.75) is 24.8 Å². The Morgan fingerprint density at radius 3 is 2.94 bits per heavy atom. The number of rotatable bonds is 4. The highest BCUT2D eigenvalue weighted by atomic mass is 16.5. The summed E-state index contributed by atoms with van der Waals surface area (Å²) in [6, 6.07) is 0. The molecule has 0 aliphatic carbocycles. The maximum atomic E-state index is 12.0. The largest absolute Gasteiger partial charge is 0.381 e. The van der Waals surface area contributed by atoms with Crippen LogP contribution in [0.5, 0.6) is 0 Å². The molecule has 0 radical (unpaired) electrons. The number of ether oxygens (including phenoxy) is 1. The maximum Gasteiger partial charge on any atom is 0.240 e. The van der Waals surface area contributed by atoms with Crippen molar-refractivity contribution >= 4 is 5.91 Å². The summed E-state index contributed by atoms with van der Waals surface area (Å²) in [5, 5.41) is 10.6. The molecular formula is C11H19N5O2. The van der Waals surface area contributed by atoms with E-state index < -0.39 is 5.54 Å². The van der Waals surface area contributed by atoms with E-state index in [0.717, 1.165) is 5.82 Å². The smallest absolute Gasteiger partial charge is 0.240 e. The number of amides is 1. The van der Waals surface area contributed by atoms with Gasteiger partial charge in [0.2, 0.25) is 5.91 Å². The standard InChI is InChI=1S/C11H19N5O2/c1-16-8-14-15-9(16)2-5-13-10(17)11(12)3-6-18-7-4-11/h8H,2-7,12H2,1H3,(H,13,17). The fourth-order valence-electron chi connectivity index (χ4n) is 1.96. The Bertz CT molecular complexity index is 411. The van der Waals surface area contributed by atoms with Gasteiger partial charge in [0.15, 0.2) is 0 Å². The van der Waals surface area contributed by atoms with Crippen LogP contribution in [0.15, 0.2) is 6.33 Å². The molecule has 1 aliphatic rings. The molecular weight excluding hydrogens is 234 g/mol. The highest BCUT2D eigenvalue weighted by molar-refractivity contribution is 5.86. The first-order valence-corrected chi connectivity index (χ1v) is 6.10. The second-order valence-corrected chi connectivity index (χ2v) is 4.63. The van der Waals surface area contributed by atoms with Gasteiger partial charge < -0.3 is 20.4 Å². The number of aryl methyl sites for hydroxylation is 1. The molecule has 0 atom stereocenters. The molecule has 3 N–H and O–H groups in total. The minimum atomic E-state index is -0.780. The number of nitrogens with two attached hydrogens (primary N) is 1. The molecule has 0 spiro atoms. The SMILES string of the molecule is Cn1cnnc1CCNC(=O)C1(N)CCOCC1. The van der Waals surface area contributed by atoms with E-state index in [2.05, 4.69) is 15.5 Å². The summed E-state index contributed by atoms with van der Waals surface area (Å²) in [6.45, 7) is 1.62. The van der Waals surface area contributed by atoms with Crippen molar-refractivity contribution in [3.05, 3.63) is 12.2 Å². The summed E-state index contributed by atoms with van der Waals surface area (Å²) in [7, 11) is 1.88. The van der Waals surface area contributed by atoms with Crippen LogP contribution in [-0.2, 0) is 23.0 Å². The highest BCUT2D eigenvalue weighted by Gasteiger charge is 2.35. The van der Waals surface area contributed by atoms with Crippen molar-refractivity contribution in [1.29, 1.82) is 0 Å². The fraction of sp³-hybridized carbons (Fsp3) is 0.727. The molecule has 100 valence electrons. The summed E-state index contributed by atoms with van der Waals surface area (Å²) < 4.78 is 7.04. The van der Waals surface area contributed by atoms with E-state index in [1.54, 1.807) is 6.33 Å². The lowest BCUT2D eigenvalue weighted by atomic mass is 9.90. The molecule has 1 aromatic heterocycles. The van der Waals surface area contributed by atoms with Crippen LogP contribution >= 0.6 is 0 Å². The zero-order valence-electron chi connectivity index (χ0n) is 10.6. The van der Waals surface area contributed by atoms with Crippen molar-refractivity contribution in [3.8, 4) is 0 Å². The molecule has 7 nitrogen and oxygen atoms in total. The second-order valence-electron chi connectivity index (χ2n) is 4.63. The molecule has 0 unspecified atom stereocenters. The van der Waals surface area contributed by atoms with Gasteiger partial charge in [0.05, 0.1) is 5.54 Å². The zero-order valence-corrected chi connectivity index (χ0v) is 10.6. The fourth-order valence-corrected chi connectivity index (χ4v) is 1.96. The van der Waals surface area contributed by atoms with Gasteiger partial charge in [-0.3, -0.25) is 4.79 Å². The molecule has 18 heavy (non-hydrogen) atoms. The van der Waals surface area contributed by atoms with Gasteiger partial charge in [-0.15, -0.1) is 10.2 Å². The quantitative estimate of drug-likeness (QED) is 0.716. The Morgan fingerprint density at radius 1 is 1.61 bits per heavy atom. The first-order chi connectivity index (χ1) is 8.62. The van der Waals surface area contributed by atoms with Gasteiger partial charge in [0.25, 0.3) is 0 Å². The number of hydrogen-bond donors (Lipinski definition) is 2. The highest BCUT2D eigenvalue weighted by Crippen LogP contribution is 2.17. The number of carbonyl (C=O) groups excluding carboxylic acids is 1. The third-order valence-corrected chi connectivity index (χ3v) is 3.28. The van der Waals surface area contributed by atoms with Crippen LogP contribution in [0.2, 0.25) is 0 Å². The molecule has 0 saturated carbocycles. The Kier molecular flexibility index (Phi) is 3.93. The Morgan fingerprint density at radius 2 is 2.33 bits per heavy atom. The predicted molar refractivity (Wildman–Crippen MR) is 64.7 cm³/mol. The topological polar surface area (TPSA) is 95.1 Å². The van der Waals surface area contributed by atoms with E-state index in [0.29, 0.717) is 39.0 Å². The lowest BCUT2D eigenvalue weighted by molar-refractivity contribution is -0.129. The van der Waals surface area contributed by atoms with Gasteiger partial charge in [-0.05, 0) is 12.8 Å². The average Bonchev–Trinajstić information content (AvgIpc) is 2.76. The molecule has 0 bridgehead atoms. The Labute approximate surface area is 106 Å². The van der Waals surface area contributed by atoms with E-state index in [1.807, 2.05) is 11.6 Å². The molecule has 1 fully saturated rings. The van der Waals surface area contributed by atoms with Crippen LogP contribution < -0.4 is 11.1 Å². The van der Waals surface area contributed by atoms with Gasteiger partial charge in [0, 0.05) is 33.2 Å². The molecule has 1 aromatic rings. The van der Waals surface area contributed by atoms with Crippen molar-refractivity contribution in [2.75, 3.05) is 19.8 Å². The van der Waals surface area contributed by atoms with Gasteiger partial charge in [0.1, 0.15) is 12.2 Å². The first kappa shape index (κ1) is 13.0. The van der Waals surface area contributed by atoms with E-state index >= 15 is 0 Å². The zero-order chi connectivity index (χ0) is 13.0. The van der Waals surface area contributed by atoms with E-state index in [1.165, 1.54) is 0 Å². The maximum absolute atomic E-state index is 12.0. The predicted octanol–water partition coefficient (Wildman–Crippen LogP) is -1.02. The van der Waals surface area contributed by atoms with Crippen molar-refractivity contribution in [2.24, 2.45) is 12.8 Å². The van der Waals surface area contributed by atoms with E-state index in [9.17, 15) is 4.79 Å². The van der Waals surface area contributed by atoms with Gasteiger partial charge in [-0.2, -0.15) is 0 Å². The molecule has 2 heterocycles. The Balaban J connectivity index is 1.79. The normalized spacial score (nSPS) is 18.6. The summed E-state index contributed by atoms with van der Waals surface area (Å²) in [6.07, 6.45) is 3.43. The van der Waals surface area contributed by atoms with E-state index in [4.69, 9.17) is 10.5 Å².